The lowest BCUT2D eigenvalue weighted by atomic mass is 9.85. The topological polar surface area (TPSA) is 293 Å². The standard InChI is InChI=1S/C49H72N8O11/c1-10-12-22-35(41(61)43(50)62)53-44(63)36(23-29(3)4)55-48(67)42(49(7,8)9)57-45(64)37(24-33-21-17-16-18-30(33)5)54-47(66)39(28-68-27-32-19-14-13-15-20-32)56-46(65)38(26-58)52-40(60)25-51-34(11-2)31(6)59/h11,13-21,29,34-39,42,51,58H,2,10,12,22-28H2,1,3-9H3,(H2,50,62)(H,52,60)(H,53,63)(H,54,66)(H,55,67)(H,56,65)(H,57,64)/t34?,35?,36-,37-,38-,39+,42+/m0/s1. The van der Waals surface area contributed by atoms with E-state index in [9.17, 15) is 48.3 Å². The first-order valence-corrected chi connectivity index (χ1v) is 22.8. The Labute approximate surface area is 399 Å². The number of aliphatic hydroxyl groups excluding tert-OH is 1. The number of ketones is 2. The normalized spacial score (nSPS) is 14.4. The van der Waals surface area contributed by atoms with Gasteiger partial charge in [0, 0.05) is 6.42 Å². The number of amides is 7. The fourth-order valence-electron chi connectivity index (χ4n) is 6.90. The Kier molecular flexibility index (Phi) is 24.5. The zero-order valence-corrected chi connectivity index (χ0v) is 40.6. The summed E-state index contributed by atoms with van der Waals surface area (Å²) in [5, 5.41) is 28.5. The van der Waals surface area contributed by atoms with Gasteiger partial charge in [0.2, 0.25) is 41.2 Å². The Morgan fingerprint density at radius 2 is 1.31 bits per heavy atom. The summed E-state index contributed by atoms with van der Waals surface area (Å²) in [4.78, 5) is 119. The van der Waals surface area contributed by atoms with Gasteiger partial charge in [0.1, 0.15) is 30.2 Å². The summed E-state index contributed by atoms with van der Waals surface area (Å²) in [7, 11) is 0. The molecule has 2 unspecified atom stereocenters. The number of aryl methyl sites for hydroxylation is 1. The predicted octanol–water partition coefficient (Wildman–Crippen LogP) is 0.725. The highest BCUT2D eigenvalue weighted by atomic mass is 16.5. The largest absolute Gasteiger partial charge is 0.394 e. The summed E-state index contributed by atoms with van der Waals surface area (Å²) < 4.78 is 5.87. The van der Waals surface area contributed by atoms with Crippen LogP contribution in [-0.2, 0) is 60.9 Å². The van der Waals surface area contributed by atoms with Gasteiger partial charge in [-0.2, -0.15) is 0 Å². The Bertz CT molecular complexity index is 2060. The molecule has 7 amide bonds. The number of carbonyl (C=O) groups is 9. The monoisotopic (exact) mass is 949 g/mol. The third-order valence-electron chi connectivity index (χ3n) is 10.8. The SMILES string of the molecule is C=CC(NCC(=O)N[C@@H](CO)C(=O)N[C@H](COCc1ccccc1)C(=O)N[C@@H](Cc1ccccc1C)C(=O)N[C@H](C(=O)N[C@@H](CC(C)C)C(=O)NC(CCCC)C(=O)C(N)=O)C(C)(C)C)C(C)=O. The Morgan fingerprint density at radius 3 is 1.87 bits per heavy atom. The molecule has 0 fully saturated rings. The van der Waals surface area contributed by atoms with Gasteiger partial charge in [-0.3, -0.25) is 48.5 Å². The second-order valence-corrected chi connectivity index (χ2v) is 18.2. The quantitative estimate of drug-likeness (QED) is 0.0387. The van der Waals surface area contributed by atoms with E-state index in [-0.39, 0.29) is 37.6 Å². The molecule has 19 nitrogen and oxygen atoms in total. The average molecular weight is 949 g/mol. The van der Waals surface area contributed by atoms with Crippen LogP contribution < -0.4 is 43.0 Å². The van der Waals surface area contributed by atoms with Crippen molar-refractivity contribution in [1.29, 1.82) is 0 Å². The van der Waals surface area contributed by atoms with Crippen molar-refractivity contribution in [3.63, 3.8) is 0 Å². The molecule has 0 aliphatic rings. The molecule has 2 aromatic carbocycles. The molecule has 0 radical (unpaired) electrons. The van der Waals surface area contributed by atoms with Crippen LogP contribution in [0.3, 0.4) is 0 Å². The number of hydrogen-bond donors (Lipinski definition) is 9. The molecule has 7 atom stereocenters. The first kappa shape index (κ1) is 57.8. The molecule has 68 heavy (non-hydrogen) atoms. The van der Waals surface area contributed by atoms with Crippen LogP contribution in [0.25, 0.3) is 0 Å². The second kappa shape index (κ2) is 28.8. The van der Waals surface area contributed by atoms with Crippen molar-refractivity contribution in [1.82, 2.24) is 37.2 Å². The minimum atomic E-state index is -1.54. The van der Waals surface area contributed by atoms with Gasteiger partial charge in [-0.05, 0) is 54.7 Å². The van der Waals surface area contributed by atoms with Crippen molar-refractivity contribution in [3.05, 3.63) is 83.9 Å². The molecule has 0 bridgehead atoms. The van der Waals surface area contributed by atoms with Gasteiger partial charge in [0.25, 0.3) is 5.91 Å². The minimum absolute atomic E-state index is 0.0269. The molecule has 0 aliphatic heterocycles. The van der Waals surface area contributed by atoms with Gasteiger partial charge < -0.3 is 47.5 Å². The fraction of sp³-hybridized carbons (Fsp3) is 0.531. The molecule has 2 rings (SSSR count). The van der Waals surface area contributed by atoms with E-state index in [1.165, 1.54) is 13.0 Å². The van der Waals surface area contributed by atoms with Crippen molar-refractivity contribution < 1.29 is 53.0 Å². The number of nitrogens with one attached hydrogen (secondary N) is 7. The summed E-state index contributed by atoms with van der Waals surface area (Å²) in [6.45, 7) is 15.6. The smallest absolute Gasteiger partial charge is 0.287 e. The number of unbranched alkanes of at least 4 members (excludes halogenated alkanes) is 1. The molecule has 0 saturated carbocycles. The maximum absolute atomic E-state index is 14.5. The van der Waals surface area contributed by atoms with E-state index in [4.69, 9.17) is 10.5 Å². The minimum Gasteiger partial charge on any atom is -0.394 e. The molecule has 19 heteroatoms. The molecule has 10 N–H and O–H groups in total. The molecule has 0 saturated heterocycles. The number of ether oxygens (including phenoxy) is 1. The number of aliphatic hydroxyl groups is 1. The highest BCUT2D eigenvalue weighted by Gasteiger charge is 2.38. The Hall–Kier alpha value is -6.31. The predicted molar refractivity (Wildman–Crippen MR) is 255 cm³/mol. The first-order chi connectivity index (χ1) is 32.0. The molecular formula is C49H72N8O11. The lowest BCUT2D eigenvalue weighted by molar-refractivity contribution is -0.139. The molecule has 0 heterocycles. The van der Waals surface area contributed by atoms with Crippen molar-refractivity contribution in [2.24, 2.45) is 17.1 Å². The maximum Gasteiger partial charge on any atom is 0.287 e. The molecule has 0 aromatic heterocycles. The fourth-order valence-corrected chi connectivity index (χ4v) is 6.90. The molecule has 0 aliphatic carbocycles. The number of Topliss-reactive ketones (excluding diaryl/α,β-unsaturated/α-hetero) is 2. The number of benzene rings is 2. The summed E-state index contributed by atoms with van der Waals surface area (Å²) in [5.74, 6) is -7.44. The van der Waals surface area contributed by atoms with Crippen LogP contribution in [0.4, 0.5) is 0 Å². The van der Waals surface area contributed by atoms with Gasteiger partial charge in [-0.1, -0.05) is 115 Å². The zero-order valence-electron chi connectivity index (χ0n) is 40.6. The lowest BCUT2D eigenvalue weighted by Gasteiger charge is -2.34. The van der Waals surface area contributed by atoms with Crippen molar-refractivity contribution in [3.8, 4) is 0 Å². The third-order valence-corrected chi connectivity index (χ3v) is 10.8. The van der Waals surface area contributed by atoms with Crippen molar-refractivity contribution in [2.45, 2.75) is 136 Å². The van der Waals surface area contributed by atoms with Crippen LogP contribution >= 0.6 is 0 Å². The van der Waals surface area contributed by atoms with Crippen LogP contribution in [0.5, 0.6) is 0 Å². The molecule has 0 spiro atoms. The zero-order chi connectivity index (χ0) is 51.1. The van der Waals surface area contributed by atoms with Crippen molar-refractivity contribution >= 4 is 52.9 Å². The van der Waals surface area contributed by atoms with Crippen LogP contribution in [0.1, 0.15) is 90.8 Å². The summed E-state index contributed by atoms with van der Waals surface area (Å²) in [5.41, 5.74) is 6.49. The van der Waals surface area contributed by atoms with E-state index >= 15 is 0 Å². The molecule has 2 aromatic rings. The summed E-state index contributed by atoms with van der Waals surface area (Å²) in [6.07, 6.45) is 2.70. The van der Waals surface area contributed by atoms with Gasteiger partial charge >= 0.3 is 0 Å². The molecular weight excluding hydrogens is 877 g/mol. The second-order valence-electron chi connectivity index (χ2n) is 18.2. The lowest BCUT2D eigenvalue weighted by Crippen LogP contribution is -2.63. The Morgan fingerprint density at radius 1 is 0.750 bits per heavy atom. The van der Waals surface area contributed by atoms with Gasteiger partial charge in [0.05, 0.1) is 38.4 Å². The third kappa shape index (κ3) is 19.9. The van der Waals surface area contributed by atoms with Crippen LogP contribution in [0.15, 0.2) is 67.3 Å². The summed E-state index contributed by atoms with van der Waals surface area (Å²) in [6, 6.07) is 7.17. The number of primary amides is 1. The number of nitrogens with two attached hydrogens (primary N) is 1. The first-order valence-electron chi connectivity index (χ1n) is 22.8. The van der Waals surface area contributed by atoms with Crippen LogP contribution in [-0.4, -0.2) is 120 Å². The average Bonchev–Trinajstić information content (AvgIpc) is 3.27. The van der Waals surface area contributed by atoms with Crippen LogP contribution in [0.2, 0.25) is 0 Å². The van der Waals surface area contributed by atoms with Crippen molar-refractivity contribution in [2.75, 3.05) is 19.8 Å². The van der Waals surface area contributed by atoms with Gasteiger partial charge in [0.15, 0.2) is 5.78 Å². The van der Waals surface area contributed by atoms with E-state index in [1.54, 1.807) is 63.2 Å². The highest BCUT2D eigenvalue weighted by Crippen LogP contribution is 2.21. The maximum atomic E-state index is 14.5. The highest BCUT2D eigenvalue weighted by molar-refractivity contribution is 6.37. The number of carbonyl (C=O) groups excluding carboxylic acids is 9. The van der Waals surface area contributed by atoms with Gasteiger partial charge in [-0.25, -0.2) is 0 Å². The van der Waals surface area contributed by atoms with E-state index in [0.29, 0.717) is 18.4 Å². The Balaban J connectivity index is 2.49. The van der Waals surface area contributed by atoms with E-state index in [1.807, 2.05) is 39.8 Å². The number of rotatable bonds is 30. The number of hydrogen-bond acceptors (Lipinski definition) is 12. The van der Waals surface area contributed by atoms with E-state index < -0.39 is 115 Å². The van der Waals surface area contributed by atoms with E-state index in [0.717, 1.165) is 11.1 Å². The molecule has 374 valence electrons. The van der Waals surface area contributed by atoms with Crippen LogP contribution in [0, 0.1) is 18.3 Å². The van der Waals surface area contributed by atoms with E-state index in [2.05, 4.69) is 43.8 Å². The summed E-state index contributed by atoms with van der Waals surface area (Å²) >= 11 is 0. The van der Waals surface area contributed by atoms with Gasteiger partial charge in [-0.15, -0.1) is 6.58 Å².